The van der Waals surface area contributed by atoms with Crippen LogP contribution in [0.3, 0.4) is 0 Å². The number of rotatable bonds is 5. The number of urea groups is 1. The van der Waals surface area contributed by atoms with Crippen molar-refractivity contribution in [3.05, 3.63) is 0 Å². The van der Waals surface area contributed by atoms with Crippen LogP contribution < -0.4 is 16.4 Å². The van der Waals surface area contributed by atoms with Crippen LogP contribution in [0.15, 0.2) is 5.16 Å². The summed E-state index contributed by atoms with van der Waals surface area (Å²) in [5.41, 5.74) is 5.28. The maximum absolute atomic E-state index is 11.1. The predicted octanol–water partition coefficient (Wildman–Crippen LogP) is 0.221. The molecule has 0 aromatic heterocycles. The van der Waals surface area contributed by atoms with Crippen molar-refractivity contribution in [2.45, 2.75) is 32.7 Å². The minimum absolute atomic E-state index is 0.105. The van der Waals surface area contributed by atoms with Crippen LogP contribution in [0.1, 0.15) is 26.7 Å². The summed E-state index contributed by atoms with van der Waals surface area (Å²) in [7, 11) is 0. The lowest BCUT2D eigenvalue weighted by atomic mass is 10.2. The number of hydrogen-bond acceptors (Lipinski definition) is 3. The van der Waals surface area contributed by atoms with Gasteiger partial charge >= 0.3 is 6.03 Å². The monoisotopic (exact) mass is 202 g/mol. The van der Waals surface area contributed by atoms with Gasteiger partial charge in [0, 0.05) is 19.0 Å². The number of nitrogens with zero attached hydrogens (tertiary/aromatic N) is 1. The van der Waals surface area contributed by atoms with Crippen LogP contribution in [-0.2, 0) is 0 Å². The lowest BCUT2D eigenvalue weighted by Crippen LogP contribution is -2.42. The fourth-order valence-electron chi connectivity index (χ4n) is 0.919. The maximum Gasteiger partial charge on any atom is 0.315 e. The van der Waals surface area contributed by atoms with E-state index < -0.39 is 0 Å². The summed E-state index contributed by atoms with van der Waals surface area (Å²) < 4.78 is 0. The first-order valence-electron chi connectivity index (χ1n) is 4.60. The summed E-state index contributed by atoms with van der Waals surface area (Å²) in [6.07, 6.45) is 1.22. The lowest BCUT2D eigenvalue weighted by Gasteiger charge is -2.13. The standard InChI is InChI=1S/C8H18N4O2/c1-3-4-10-8(13)11-6(2)5-7(9)12-14/h6,14H,3-5H2,1-2H3,(H2,9,12)(H2,10,11,13). The molecule has 0 aliphatic heterocycles. The van der Waals surface area contributed by atoms with Gasteiger partial charge in [0.2, 0.25) is 0 Å². The second-order valence-electron chi connectivity index (χ2n) is 3.10. The molecule has 0 rings (SSSR count). The van der Waals surface area contributed by atoms with Crippen LogP contribution in [0.2, 0.25) is 0 Å². The summed E-state index contributed by atoms with van der Waals surface area (Å²) in [6, 6.07) is -0.382. The van der Waals surface area contributed by atoms with Gasteiger partial charge < -0.3 is 21.6 Å². The summed E-state index contributed by atoms with van der Waals surface area (Å²) in [4.78, 5) is 11.1. The molecule has 0 saturated carbocycles. The van der Waals surface area contributed by atoms with Gasteiger partial charge in [-0.1, -0.05) is 12.1 Å². The van der Waals surface area contributed by atoms with Gasteiger partial charge in [-0.25, -0.2) is 4.79 Å². The number of oxime groups is 1. The zero-order valence-electron chi connectivity index (χ0n) is 8.58. The van der Waals surface area contributed by atoms with Gasteiger partial charge in [-0.2, -0.15) is 0 Å². The highest BCUT2D eigenvalue weighted by molar-refractivity contribution is 5.81. The highest BCUT2D eigenvalue weighted by Crippen LogP contribution is 1.89. The molecule has 0 fully saturated rings. The van der Waals surface area contributed by atoms with E-state index in [4.69, 9.17) is 10.9 Å². The van der Waals surface area contributed by atoms with Gasteiger partial charge in [0.1, 0.15) is 5.84 Å². The van der Waals surface area contributed by atoms with E-state index in [0.29, 0.717) is 13.0 Å². The number of carbonyl (C=O) groups excluding carboxylic acids is 1. The molecule has 0 aliphatic rings. The van der Waals surface area contributed by atoms with Crippen molar-refractivity contribution < 1.29 is 10.0 Å². The lowest BCUT2D eigenvalue weighted by molar-refractivity contribution is 0.238. The SMILES string of the molecule is CCCNC(=O)NC(C)CC(N)=NO. The van der Waals surface area contributed by atoms with Gasteiger partial charge in [-0.15, -0.1) is 0 Å². The molecular weight excluding hydrogens is 184 g/mol. The average molecular weight is 202 g/mol. The summed E-state index contributed by atoms with van der Waals surface area (Å²) in [6.45, 7) is 4.39. The second-order valence-corrected chi connectivity index (χ2v) is 3.10. The number of carbonyl (C=O) groups is 1. The normalized spacial score (nSPS) is 13.4. The highest BCUT2D eigenvalue weighted by Gasteiger charge is 2.07. The molecule has 5 N–H and O–H groups in total. The Balaban J connectivity index is 3.71. The fraction of sp³-hybridized carbons (Fsp3) is 0.750. The molecule has 0 spiro atoms. The molecule has 0 aromatic rings. The maximum atomic E-state index is 11.1. The number of amidine groups is 1. The molecule has 0 aliphatic carbocycles. The Hall–Kier alpha value is -1.46. The molecule has 82 valence electrons. The third-order valence-electron chi connectivity index (χ3n) is 1.56. The van der Waals surface area contributed by atoms with Crippen molar-refractivity contribution in [2.75, 3.05) is 6.54 Å². The van der Waals surface area contributed by atoms with E-state index in [1.807, 2.05) is 6.92 Å². The van der Waals surface area contributed by atoms with Crippen molar-refractivity contribution in [2.24, 2.45) is 10.9 Å². The second kappa shape index (κ2) is 6.99. The molecular formula is C8H18N4O2. The Morgan fingerprint density at radius 3 is 2.79 bits per heavy atom. The first kappa shape index (κ1) is 12.5. The Morgan fingerprint density at radius 2 is 2.29 bits per heavy atom. The van der Waals surface area contributed by atoms with Gasteiger partial charge in [-0.3, -0.25) is 0 Å². The Bertz CT molecular complexity index is 206. The molecule has 0 radical (unpaired) electrons. The van der Waals surface area contributed by atoms with Crippen molar-refractivity contribution in [1.82, 2.24) is 10.6 Å². The van der Waals surface area contributed by atoms with E-state index in [1.165, 1.54) is 0 Å². The molecule has 0 saturated heterocycles. The zero-order chi connectivity index (χ0) is 11.0. The third kappa shape index (κ3) is 6.10. The number of amides is 2. The van der Waals surface area contributed by atoms with Crippen LogP contribution in [0, 0.1) is 0 Å². The minimum atomic E-state index is -0.231. The summed E-state index contributed by atoms with van der Waals surface area (Å²) in [5, 5.41) is 16.4. The van der Waals surface area contributed by atoms with E-state index in [-0.39, 0.29) is 17.9 Å². The van der Waals surface area contributed by atoms with E-state index in [2.05, 4.69) is 15.8 Å². The Kier molecular flexibility index (Phi) is 6.26. The van der Waals surface area contributed by atoms with Gasteiger partial charge in [0.15, 0.2) is 0 Å². The van der Waals surface area contributed by atoms with Gasteiger partial charge in [0.05, 0.1) is 0 Å². The summed E-state index contributed by atoms with van der Waals surface area (Å²) >= 11 is 0. The van der Waals surface area contributed by atoms with Gasteiger partial charge in [-0.05, 0) is 13.3 Å². The predicted molar refractivity (Wildman–Crippen MR) is 54.3 cm³/mol. The number of nitrogens with one attached hydrogen (secondary N) is 2. The zero-order valence-corrected chi connectivity index (χ0v) is 8.58. The average Bonchev–Trinajstić information content (AvgIpc) is 2.14. The fourth-order valence-corrected chi connectivity index (χ4v) is 0.919. The van der Waals surface area contributed by atoms with E-state index in [1.54, 1.807) is 6.92 Å². The van der Waals surface area contributed by atoms with Crippen molar-refractivity contribution >= 4 is 11.9 Å². The van der Waals surface area contributed by atoms with E-state index >= 15 is 0 Å². The molecule has 2 amide bonds. The summed E-state index contributed by atoms with van der Waals surface area (Å²) in [5.74, 6) is 0.105. The quantitative estimate of drug-likeness (QED) is 0.222. The molecule has 1 unspecified atom stereocenters. The smallest absolute Gasteiger partial charge is 0.315 e. The first-order chi connectivity index (χ1) is 6.60. The van der Waals surface area contributed by atoms with Gasteiger partial charge in [0.25, 0.3) is 0 Å². The largest absolute Gasteiger partial charge is 0.409 e. The molecule has 0 aromatic carbocycles. The van der Waals surface area contributed by atoms with Crippen LogP contribution >= 0.6 is 0 Å². The molecule has 6 nitrogen and oxygen atoms in total. The minimum Gasteiger partial charge on any atom is -0.409 e. The van der Waals surface area contributed by atoms with Crippen molar-refractivity contribution in [3.63, 3.8) is 0 Å². The van der Waals surface area contributed by atoms with Crippen LogP contribution in [-0.4, -0.2) is 29.7 Å². The molecule has 0 heterocycles. The molecule has 1 atom stereocenters. The van der Waals surface area contributed by atoms with E-state index in [0.717, 1.165) is 6.42 Å². The first-order valence-corrected chi connectivity index (χ1v) is 4.60. The molecule has 14 heavy (non-hydrogen) atoms. The Morgan fingerprint density at radius 1 is 1.64 bits per heavy atom. The topological polar surface area (TPSA) is 99.7 Å². The van der Waals surface area contributed by atoms with Crippen LogP contribution in [0.4, 0.5) is 4.79 Å². The van der Waals surface area contributed by atoms with Crippen molar-refractivity contribution in [1.29, 1.82) is 0 Å². The van der Waals surface area contributed by atoms with E-state index in [9.17, 15) is 4.79 Å². The molecule has 0 bridgehead atoms. The van der Waals surface area contributed by atoms with Crippen molar-refractivity contribution in [3.8, 4) is 0 Å². The van der Waals surface area contributed by atoms with Crippen LogP contribution in [0.5, 0.6) is 0 Å². The molecule has 6 heteroatoms. The Labute approximate surface area is 83.5 Å². The number of nitrogens with two attached hydrogens (primary N) is 1. The third-order valence-corrected chi connectivity index (χ3v) is 1.56. The van der Waals surface area contributed by atoms with Crippen LogP contribution in [0.25, 0.3) is 0 Å². The highest BCUT2D eigenvalue weighted by atomic mass is 16.4. The number of hydrogen-bond donors (Lipinski definition) is 4.